The van der Waals surface area contributed by atoms with Gasteiger partial charge in [-0.25, -0.2) is 13.4 Å². The highest BCUT2D eigenvalue weighted by atomic mass is 35.5. The fourth-order valence-corrected chi connectivity index (χ4v) is 4.62. The maximum Gasteiger partial charge on any atom is 0.260 e. The Hall–Kier alpha value is -1.71. The first-order valence-corrected chi connectivity index (χ1v) is 12.0. The third-order valence-corrected chi connectivity index (χ3v) is 7.09. The molecule has 2 aromatic carbocycles. The van der Waals surface area contributed by atoms with Crippen molar-refractivity contribution in [1.82, 2.24) is 9.88 Å². The average Bonchev–Trinajstić information content (AvgIpc) is 3.08. The van der Waals surface area contributed by atoms with E-state index in [-0.39, 0.29) is 23.2 Å². The number of hydrogen-bond donors (Lipinski definition) is 0. The molecule has 0 N–H and O–H groups in total. The summed E-state index contributed by atoms with van der Waals surface area (Å²) in [5.74, 6) is -0.227. The quantitative estimate of drug-likeness (QED) is 0.518. The minimum absolute atomic E-state index is 0. The van der Waals surface area contributed by atoms with Gasteiger partial charge in [-0.1, -0.05) is 22.9 Å². The summed E-state index contributed by atoms with van der Waals surface area (Å²) in [6, 6.07) is 9.72. The maximum absolute atomic E-state index is 13.2. The second kappa shape index (κ2) is 9.62. The summed E-state index contributed by atoms with van der Waals surface area (Å²) in [6.07, 6.45) is 1.14. The Bertz CT molecular complexity index is 1160. The highest BCUT2D eigenvalue weighted by Gasteiger charge is 2.22. The lowest BCUT2D eigenvalue weighted by Crippen LogP contribution is -2.36. The number of likely N-dealkylation sites (N-methyl/N-ethyl adjacent to an activating group) is 1. The Balaban J connectivity index is 0.00000320. The number of amides is 1. The second-order valence-electron chi connectivity index (χ2n) is 7.07. The number of carbonyl (C=O) groups excluding carboxylic acids is 1. The number of fused-ring (bicyclic) bond motifs is 1. The third-order valence-electron chi connectivity index (χ3n) is 4.51. The van der Waals surface area contributed by atoms with E-state index in [1.54, 1.807) is 4.90 Å². The molecule has 162 valence electrons. The maximum atomic E-state index is 13.2. The summed E-state index contributed by atoms with van der Waals surface area (Å²) < 4.78 is 24.3. The van der Waals surface area contributed by atoms with E-state index in [2.05, 4.69) is 4.98 Å². The average molecular weight is 488 g/mol. The largest absolute Gasteiger partial charge is 0.308 e. The molecule has 0 radical (unpaired) electrons. The molecule has 3 aromatic rings. The van der Waals surface area contributed by atoms with E-state index in [1.165, 1.54) is 35.6 Å². The van der Waals surface area contributed by atoms with Gasteiger partial charge in [0.15, 0.2) is 15.0 Å². The number of carbonyl (C=O) groups is 1. The molecule has 6 nitrogen and oxygen atoms in total. The number of nitrogens with zero attached hydrogens (tertiary/aromatic N) is 3. The van der Waals surface area contributed by atoms with Crippen LogP contribution in [0.25, 0.3) is 10.2 Å². The predicted octanol–water partition coefficient (Wildman–Crippen LogP) is 4.29. The fraction of sp³-hybridized carbons (Fsp3) is 0.300. The SMILES string of the molecule is Cc1c(Cl)ccc2sc(N(CCN(C)C)C(=O)c3ccc(S(C)(=O)=O)cc3)nc12.Cl. The summed E-state index contributed by atoms with van der Waals surface area (Å²) in [4.78, 5) is 21.7. The van der Waals surface area contributed by atoms with Crippen LogP contribution in [0.4, 0.5) is 5.13 Å². The number of anilines is 1. The van der Waals surface area contributed by atoms with Crippen LogP contribution in [0.2, 0.25) is 5.02 Å². The minimum atomic E-state index is -3.32. The van der Waals surface area contributed by atoms with Crippen molar-refractivity contribution in [3.8, 4) is 0 Å². The molecule has 0 aliphatic rings. The van der Waals surface area contributed by atoms with Gasteiger partial charge in [-0.3, -0.25) is 9.69 Å². The molecule has 1 amide bonds. The first-order valence-electron chi connectivity index (χ1n) is 8.90. The molecule has 3 rings (SSSR count). The number of halogens is 2. The molecule has 0 aliphatic heterocycles. The van der Waals surface area contributed by atoms with Gasteiger partial charge in [0.2, 0.25) is 0 Å². The molecule has 0 bridgehead atoms. The van der Waals surface area contributed by atoms with Gasteiger partial charge in [-0.15, -0.1) is 12.4 Å². The van der Waals surface area contributed by atoms with E-state index < -0.39 is 9.84 Å². The Morgan fingerprint density at radius 2 is 1.73 bits per heavy atom. The van der Waals surface area contributed by atoms with Crippen molar-refractivity contribution in [2.24, 2.45) is 0 Å². The molecular formula is C20H23Cl2N3O3S2. The molecule has 0 atom stereocenters. The molecule has 1 heterocycles. The summed E-state index contributed by atoms with van der Waals surface area (Å²) in [6.45, 7) is 3.01. The van der Waals surface area contributed by atoms with Gasteiger partial charge >= 0.3 is 0 Å². The van der Waals surface area contributed by atoms with Gasteiger partial charge in [-0.2, -0.15) is 0 Å². The highest BCUT2D eigenvalue weighted by molar-refractivity contribution is 7.90. The Labute approximate surface area is 191 Å². The van der Waals surface area contributed by atoms with Crippen LogP contribution in [0.1, 0.15) is 15.9 Å². The van der Waals surface area contributed by atoms with Crippen LogP contribution in [-0.2, 0) is 9.84 Å². The Morgan fingerprint density at radius 1 is 1.10 bits per heavy atom. The van der Waals surface area contributed by atoms with Crippen molar-refractivity contribution in [2.45, 2.75) is 11.8 Å². The van der Waals surface area contributed by atoms with Crippen LogP contribution in [0.5, 0.6) is 0 Å². The highest BCUT2D eigenvalue weighted by Crippen LogP contribution is 2.34. The zero-order valence-electron chi connectivity index (χ0n) is 17.0. The van der Waals surface area contributed by atoms with E-state index in [0.29, 0.717) is 28.8 Å². The van der Waals surface area contributed by atoms with Crippen molar-refractivity contribution < 1.29 is 13.2 Å². The first-order chi connectivity index (χ1) is 13.6. The van der Waals surface area contributed by atoms with Gasteiger partial charge in [0, 0.05) is 29.9 Å². The summed E-state index contributed by atoms with van der Waals surface area (Å²) in [5.41, 5.74) is 2.07. The lowest BCUT2D eigenvalue weighted by atomic mass is 10.2. The van der Waals surface area contributed by atoms with Crippen LogP contribution in [0.15, 0.2) is 41.3 Å². The lowest BCUT2D eigenvalue weighted by Gasteiger charge is -2.22. The molecular weight excluding hydrogens is 465 g/mol. The second-order valence-corrected chi connectivity index (χ2v) is 10.5. The number of hydrogen-bond acceptors (Lipinski definition) is 6. The van der Waals surface area contributed by atoms with Gasteiger partial charge in [-0.05, 0) is 63.0 Å². The number of sulfone groups is 1. The molecule has 0 spiro atoms. The standard InChI is InChI=1S/C20H22ClN3O3S2.ClH/c1-13-16(21)9-10-17-18(13)22-20(28-17)24(12-11-23(2)3)19(25)14-5-7-15(8-6-14)29(4,26)27;/h5-10H,11-12H2,1-4H3;1H. The van der Waals surface area contributed by atoms with Gasteiger partial charge in [0.1, 0.15) is 0 Å². The number of aromatic nitrogens is 1. The number of benzene rings is 2. The molecule has 0 saturated carbocycles. The van der Waals surface area contributed by atoms with Crippen LogP contribution >= 0.6 is 35.3 Å². The van der Waals surface area contributed by atoms with E-state index in [4.69, 9.17) is 11.6 Å². The van der Waals surface area contributed by atoms with Crippen LogP contribution in [-0.4, -0.2) is 57.6 Å². The zero-order chi connectivity index (χ0) is 21.3. The smallest absolute Gasteiger partial charge is 0.260 e. The fourth-order valence-electron chi connectivity index (χ4n) is 2.79. The summed E-state index contributed by atoms with van der Waals surface area (Å²) in [7, 11) is 0.553. The van der Waals surface area contributed by atoms with Gasteiger partial charge in [0.05, 0.1) is 15.1 Å². The van der Waals surface area contributed by atoms with Crippen molar-refractivity contribution in [2.75, 3.05) is 38.3 Å². The van der Waals surface area contributed by atoms with E-state index in [9.17, 15) is 13.2 Å². The number of aryl methyl sites for hydroxylation is 1. The number of rotatable bonds is 6. The molecule has 10 heteroatoms. The van der Waals surface area contributed by atoms with Crippen molar-refractivity contribution >= 4 is 66.4 Å². The van der Waals surface area contributed by atoms with E-state index >= 15 is 0 Å². The molecule has 0 saturated heterocycles. The van der Waals surface area contributed by atoms with Crippen molar-refractivity contribution in [3.63, 3.8) is 0 Å². The van der Waals surface area contributed by atoms with E-state index in [0.717, 1.165) is 22.0 Å². The first kappa shape index (κ1) is 24.6. The molecule has 0 unspecified atom stereocenters. The molecule has 0 fully saturated rings. The van der Waals surface area contributed by atoms with Gasteiger partial charge in [0.25, 0.3) is 5.91 Å². The van der Waals surface area contributed by atoms with Crippen LogP contribution in [0, 0.1) is 6.92 Å². The molecule has 1 aromatic heterocycles. The lowest BCUT2D eigenvalue weighted by molar-refractivity contribution is 0.0985. The van der Waals surface area contributed by atoms with Crippen LogP contribution < -0.4 is 4.90 Å². The Morgan fingerprint density at radius 3 is 2.30 bits per heavy atom. The topological polar surface area (TPSA) is 70.6 Å². The third kappa shape index (κ3) is 5.31. The summed E-state index contributed by atoms with van der Waals surface area (Å²) in [5, 5.41) is 1.22. The number of thiazole rings is 1. The normalized spacial score (nSPS) is 11.5. The van der Waals surface area contributed by atoms with Crippen LogP contribution in [0.3, 0.4) is 0 Å². The predicted molar refractivity (Wildman–Crippen MR) is 126 cm³/mol. The molecule has 0 aliphatic carbocycles. The Kier molecular flexibility index (Phi) is 7.87. The van der Waals surface area contributed by atoms with Crippen molar-refractivity contribution in [1.29, 1.82) is 0 Å². The monoisotopic (exact) mass is 487 g/mol. The minimum Gasteiger partial charge on any atom is -0.308 e. The molecule has 30 heavy (non-hydrogen) atoms. The van der Waals surface area contributed by atoms with E-state index in [1.807, 2.05) is 38.1 Å². The van der Waals surface area contributed by atoms with Gasteiger partial charge < -0.3 is 4.90 Å². The van der Waals surface area contributed by atoms with Crippen molar-refractivity contribution in [3.05, 3.63) is 52.5 Å². The summed E-state index contributed by atoms with van der Waals surface area (Å²) >= 11 is 7.65. The zero-order valence-corrected chi connectivity index (χ0v) is 20.3.